The first-order valence-electron chi connectivity index (χ1n) is 9.52. The lowest BCUT2D eigenvalue weighted by Gasteiger charge is -2.26. The van der Waals surface area contributed by atoms with E-state index in [-0.39, 0.29) is 41.2 Å². The molecule has 2 aromatic rings. The maximum absolute atomic E-state index is 13.1. The minimum Gasteiger partial charge on any atom is -0.507 e. The molecule has 1 heterocycles. The van der Waals surface area contributed by atoms with Crippen LogP contribution in [0, 0.1) is 0 Å². The number of phenols is 1. The predicted molar refractivity (Wildman–Crippen MR) is 106 cm³/mol. The van der Waals surface area contributed by atoms with Gasteiger partial charge in [-0.2, -0.15) is 0 Å². The lowest BCUT2D eigenvalue weighted by Crippen LogP contribution is -2.39. The number of phenolic OH excluding ortho intramolecular Hbond substituents is 1. The van der Waals surface area contributed by atoms with Gasteiger partial charge in [0.15, 0.2) is 12.6 Å². The number of ether oxygens (including phenoxy) is 2. The summed E-state index contributed by atoms with van der Waals surface area (Å²) in [6.45, 7) is 2.93. The van der Waals surface area contributed by atoms with E-state index in [1.807, 2.05) is 6.92 Å². The molecule has 0 aromatic heterocycles. The third-order valence-corrected chi connectivity index (χ3v) is 4.94. The number of aromatic hydroxyl groups is 1. The second kappa shape index (κ2) is 9.23. The number of benzene rings is 2. The first kappa shape index (κ1) is 20.4. The molecule has 0 spiro atoms. The van der Waals surface area contributed by atoms with Crippen LogP contribution >= 0.6 is 0 Å². The van der Waals surface area contributed by atoms with E-state index in [9.17, 15) is 19.5 Å². The SMILES string of the molecule is CCOc1cccc(C(=O)N2CCC[C@H]2COc2cccc(O)c2C=O)c1C=O. The Labute approximate surface area is 168 Å². The Morgan fingerprint density at radius 2 is 1.79 bits per heavy atom. The summed E-state index contributed by atoms with van der Waals surface area (Å²) in [5.74, 6) is 0.244. The van der Waals surface area contributed by atoms with E-state index >= 15 is 0 Å². The van der Waals surface area contributed by atoms with Crippen molar-refractivity contribution in [3.8, 4) is 17.2 Å². The largest absolute Gasteiger partial charge is 0.507 e. The molecule has 7 heteroatoms. The van der Waals surface area contributed by atoms with Gasteiger partial charge in [0.1, 0.15) is 23.9 Å². The number of amides is 1. The fraction of sp³-hybridized carbons (Fsp3) is 0.318. The minimum atomic E-state index is -0.258. The van der Waals surface area contributed by atoms with Gasteiger partial charge in [-0.15, -0.1) is 0 Å². The fourth-order valence-corrected chi connectivity index (χ4v) is 3.53. The van der Waals surface area contributed by atoms with Crippen LogP contribution in [-0.4, -0.2) is 54.3 Å². The highest BCUT2D eigenvalue weighted by Crippen LogP contribution is 2.29. The highest BCUT2D eigenvalue weighted by Gasteiger charge is 2.32. The number of carbonyl (C=O) groups is 3. The predicted octanol–water partition coefficient (Wildman–Crippen LogP) is 3.10. The smallest absolute Gasteiger partial charge is 0.255 e. The Morgan fingerprint density at radius 3 is 2.48 bits per heavy atom. The highest BCUT2D eigenvalue weighted by molar-refractivity contribution is 6.03. The zero-order valence-corrected chi connectivity index (χ0v) is 16.2. The van der Waals surface area contributed by atoms with Crippen molar-refractivity contribution in [1.82, 2.24) is 4.90 Å². The maximum Gasteiger partial charge on any atom is 0.255 e. The zero-order valence-electron chi connectivity index (χ0n) is 16.2. The van der Waals surface area contributed by atoms with Crippen molar-refractivity contribution in [3.05, 3.63) is 53.1 Å². The Balaban J connectivity index is 1.78. The summed E-state index contributed by atoms with van der Waals surface area (Å²) in [4.78, 5) is 37.6. The molecule has 152 valence electrons. The molecule has 1 atom stereocenters. The van der Waals surface area contributed by atoms with E-state index in [0.29, 0.717) is 37.0 Å². The summed E-state index contributed by atoms with van der Waals surface area (Å²) >= 11 is 0. The highest BCUT2D eigenvalue weighted by atomic mass is 16.5. The molecule has 7 nitrogen and oxygen atoms in total. The summed E-state index contributed by atoms with van der Waals surface area (Å²) in [5, 5.41) is 9.78. The number of hydrogen-bond donors (Lipinski definition) is 1. The number of likely N-dealkylation sites (tertiary alicyclic amines) is 1. The summed E-state index contributed by atoms with van der Waals surface area (Å²) in [7, 11) is 0. The standard InChI is InChI=1S/C22H23NO6/c1-2-28-20-9-3-7-16(17(20)12-24)22(27)23-11-5-6-15(23)14-29-21-10-4-8-19(26)18(21)13-25/h3-4,7-10,12-13,15,26H,2,5-6,11,14H2,1H3/t15-/m0/s1. The van der Waals surface area contributed by atoms with Gasteiger partial charge in [-0.1, -0.05) is 12.1 Å². The monoisotopic (exact) mass is 397 g/mol. The van der Waals surface area contributed by atoms with E-state index in [1.165, 1.54) is 6.07 Å². The molecule has 1 aliphatic rings. The molecule has 1 fully saturated rings. The van der Waals surface area contributed by atoms with Crippen LogP contribution in [-0.2, 0) is 0 Å². The van der Waals surface area contributed by atoms with Crippen molar-refractivity contribution in [1.29, 1.82) is 0 Å². The molecule has 1 N–H and O–H groups in total. The third kappa shape index (κ3) is 4.23. The van der Waals surface area contributed by atoms with Gasteiger partial charge in [0.2, 0.25) is 0 Å². The number of aldehydes is 2. The Morgan fingerprint density at radius 1 is 1.10 bits per heavy atom. The van der Waals surface area contributed by atoms with Gasteiger partial charge in [0, 0.05) is 6.54 Å². The van der Waals surface area contributed by atoms with E-state index in [1.54, 1.807) is 35.2 Å². The average molecular weight is 397 g/mol. The van der Waals surface area contributed by atoms with E-state index in [0.717, 1.165) is 12.8 Å². The van der Waals surface area contributed by atoms with Gasteiger partial charge in [-0.3, -0.25) is 14.4 Å². The fourth-order valence-electron chi connectivity index (χ4n) is 3.53. The molecule has 1 saturated heterocycles. The van der Waals surface area contributed by atoms with E-state index in [4.69, 9.17) is 9.47 Å². The lowest BCUT2D eigenvalue weighted by molar-refractivity contribution is 0.0687. The van der Waals surface area contributed by atoms with Gasteiger partial charge in [0.25, 0.3) is 5.91 Å². The molecule has 0 saturated carbocycles. The summed E-state index contributed by atoms with van der Waals surface area (Å²) in [5.41, 5.74) is 0.613. The van der Waals surface area contributed by atoms with Crippen molar-refractivity contribution in [2.75, 3.05) is 19.8 Å². The van der Waals surface area contributed by atoms with Crippen LogP contribution in [0.2, 0.25) is 0 Å². The van der Waals surface area contributed by atoms with E-state index in [2.05, 4.69) is 0 Å². The van der Waals surface area contributed by atoms with Gasteiger partial charge >= 0.3 is 0 Å². The van der Waals surface area contributed by atoms with Crippen molar-refractivity contribution in [3.63, 3.8) is 0 Å². The summed E-state index contributed by atoms with van der Waals surface area (Å²) in [6, 6.07) is 9.36. The number of nitrogens with zero attached hydrogens (tertiary/aromatic N) is 1. The molecule has 0 radical (unpaired) electrons. The van der Waals surface area contributed by atoms with Crippen LogP contribution < -0.4 is 9.47 Å². The second-order valence-electron chi connectivity index (χ2n) is 6.68. The number of rotatable bonds is 8. The molecule has 0 unspecified atom stereocenters. The Hall–Kier alpha value is -3.35. The molecule has 0 bridgehead atoms. The number of carbonyl (C=O) groups excluding carboxylic acids is 3. The van der Waals surface area contributed by atoms with Crippen LogP contribution in [0.5, 0.6) is 17.2 Å². The Kier molecular flexibility index (Phi) is 6.49. The van der Waals surface area contributed by atoms with Crippen molar-refractivity contribution >= 4 is 18.5 Å². The lowest BCUT2D eigenvalue weighted by atomic mass is 10.1. The maximum atomic E-state index is 13.1. The van der Waals surface area contributed by atoms with Crippen LogP contribution in [0.15, 0.2) is 36.4 Å². The Bertz CT molecular complexity index is 910. The third-order valence-electron chi connectivity index (χ3n) is 4.94. The first-order chi connectivity index (χ1) is 14.1. The second-order valence-corrected chi connectivity index (χ2v) is 6.68. The van der Waals surface area contributed by atoms with Crippen molar-refractivity contribution in [2.24, 2.45) is 0 Å². The van der Waals surface area contributed by atoms with Gasteiger partial charge in [-0.25, -0.2) is 0 Å². The van der Waals surface area contributed by atoms with Crippen LogP contribution in [0.4, 0.5) is 0 Å². The van der Waals surface area contributed by atoms with Gasteiger partial charge < -0.3 is 19.5 Å². The molecule has 1 aliphatic heterocycles. The minimum absolute atomic E-state index is 0.0797. The molecule has 0 aliphatic carbocycles. The van der Waals surface area contributed by atoms with E-state index < -0.39 is 0 Å². The molecule has 1 amide bonds. The molecular weight excluding hydrogens is 374 g/mol. The van der Waals surface area contributed by atoms with Crippen molar-refractivity contribution < 1.29 is 29.0 Å². The molecule has 29 heavy (non-hydrogen) atoms. The van der Waals surface area contributed by atoms with Crippen LogP contribution in [0.25, 0.3) is 0 Å². The number of hydrogen-bond acceptors (Lipinski definition) is 6. The van der Waals surface area contributed by atoms with Crippen molar-refractivity contribution in [2.45, 2.75) is 25.8 Å². The molecule has 3 rings (SSSR count). The molecule has 2 aromatic carbocycles. The zero-order chi connectivity index (χ0) is 20.8. The first-order valence-corrected chi connectivity index (χ1v) is 9.52. The topological polar surface area (TPSA) is 93.1 Å². The summed E-state index contributed by atoms with van der Waals surface area (Å²) in [6.07, 6.45) is 2.73. The van der Waals surface area contributed by atoms with Crippen LogP contribution in [0.1, 0.15) is 50.8 Å². The average Bonchev–Trinajstić information content (AvgIpc) is 3.20. The van der Waals surface area contributed by atoms with Gasteiger partial charge in [0.05, 0.1) is 29.3 Å². The van der Waals surface area contributed by atoms with Gasteiger partial charge in [-0.05, 0) is 44.0 Å². The normalized spacial score (nSPS) is 15.8. The molecular formula is C22H23NO6. The van der Waals surface area contributed by atoms with Crippen LogP contribution in [0.3, 0.4) is 0 Å². The quantitative estimate of drug-likeness (QED) is 0.688. The summed E-state index contributed by atoms with van der Waals surface area (Å²) < 4.78 is 11.2.